The van der Waals surface area contributed by atoms with E-state index in [-0.39, 0.29) is 0 Å². The second-order valence-corrected chi connectivity index (χ2v) is 9.94. The number of hydrogen-bond acceptors (Lipinski definition) is 3. The van der Waals surface area contributed by atoms with Crippen LogP contribution in [0.25, 0.3) is 32.7 Å². The molecule has 1 heterocycles. The summed E-state index contributed by atoms with van der Waals surface area (Å²) in [7, 11) is 3.43. The molecule has 2 aliphatic rings. The fraction of sp³-hybridized carbons (Fsp3) is 0.0857. The van der Waals surface area contributed by atoms with Crippen LogP contribution >= 0.6 is 0 Å². The summed E-state index contributed by atoms with van der Waals surface area (Å²) in [5, 5.41) is 4.14. The maximum absolute atomic E-state index is 7.01. The highest BCUT2D eigenvalue weighted by atomic mass is 16.5. The van der Waals surface area contributed by atoms with E-state index in [2.05, 4.69) is 84.9 Å². The minimum atomic E-state index is -0.523. The summed E-state index contributed by atoms with van der Waals surface area (Å²) in [5.41, 5.74) is 6.84. The van der Waals surface area contributed by atoms with Gasteiger partial charge in [0, 0.05) is 32.7 Å². The Morgan fingerprint density at radius 2 is 0.921 bits per heavy atom. The first-order valence-electron chi connectivity index (χ1n) is 12.8. The van der Waals surface area contributed by atoms with Crippen molar-refractivity contribution in [3.05, 3.63) is 131 Å². The van der Waals surface area contributed by atoms with Crippen LogP contribution in [0.4, 0.5) is 0 Å². The highest BCUT2D eigenvalue weighted by Crippen LogP contribution is 2.64. The summed E-state index contributed by atoms with van der Waals surface area (Å²) >= 11 is 0. The van der Waals surface area contributed by atoms with Gasteiger partial charge in [0.15, 0.2) is 0 Å². The van der Waals surface area contributed by atoms with E-state index in [0.717, 1.165) is 55.7 Å². The average molecular weight is 493 g/mol. The van der Waals surface area contributed by atoms with E-state index < -0.39 is 5.41 Å². The Morgan fingerprint density at radius 1 is 0.447 bits per heavy atom. The van der Waals surface area contributed by atoms with Crippen LogP contribution in [-0.2, 0) is 5.41 Å². The molecule has 0 aromatic heterocycles. The van der Waals surface area contributed by atoms with Crippen LogP contribution < -0.4 is 14.2 Å². The van der Waals surface area contributed by atoms with Gasteiger partial charge in [0.1, 0.15) is 23.0 Å². The van der Waals surface area contributed by atoms with Gasteiger partial charge in [-0.1, -0.05) is 97.1 Å². The van der Waals surface area contributed by atoms with E-state index in [1.54, 1.807) is 14.2 Å². The van der Waals surface area contributed by atoms with Gasteiger partial charge in [0.05, 0.1) is 19.6 Å². The Hall–Kier alpha value is -4.76. The van der Waals surface area contributed by atoms with E-state index in [1.165, 1.54) is 22.3 Å². The monoisotopic (exact) mass is 492 g/mol. The molecule has 3 heteroatoms. The van der Waals surface area contributed by atoms with Crippen LogP contribution in [-0.4, -0.2) is 14.2 Å². The summed E-state index contributed by atoms with van der Waals surface area (Å²) in [6.45, 7) is 0. The van der Waals surface area contributed by atoms with Crippen LogP contribution in [0.3, 0.4) is 0 Å². The number of benzene rings is 6. The summed E-state index contributed by atoms with van der Waals surface area (Å²) < 4.78 is 18.5. The molecule has 6 aromatic rings. The standard InChI is InChI=1S/C35H24O3/c1-36-31-15-7-11-25-23(31)17-19-29-33(25)38-34-26-12-8-16-32(37-2)24(26)18-20-30(34)35(29)27-13-5-3-9-21(27)22-10-4-6-14-28(22)35/h3-20H,1-2H3. The Morgan fingerprint density at radius 3 is 1.39 bits per heavy atom. The van der Waals surface area contributed by atoms with Gasteiger partial charge in [-0.05, 0) is 34.4 Å². The lowest BCUT2D eigenvalue weighted by Crippen LogP contribution is -2.32. The van der Waals surface area contributed by atoms with E-state index in [0.29, 0.717) is 0 Å². The molecule has 38 heavy (non-hydrogen) atoms. The second kappa shape index (κ2) is 7.62. The molecule has 182 valence electrons. The van der Waals surface area contributed by atoms with Crippen molar-refractivity contribution >= 4 is 21.5 Å². The van der Waals surface area contributed by atoms with Crippen LogP contribution in [0.15, 0.2) is 109 Å². The predicted octanol–water partition coefficient (Wildman–Crippen LogP) is 8.48. The third-order valence-corrected chi connectivity index (χ3v) is 8.35. The zero-order chi connectivity index (χ0) is 25.4. The Labute approximate surface area is 220 Å². The highest BCUT2D eigenvalue weighted by molar-refractivity contribution is 6.02. The zero-order valence-electron chi connectivity index (χ0n) is 21.1. The first-order chi connectivity index (χ1) is 18.8. The maximum atomic E-state index is 7.01. The van der Waals surface area contributed by atoms with Gasteiger partial charge in [-0.25, -0.2) is 0 Å². The van der Waals surface area contributed by atoms with Crippen molar-refractivity contribution in [3.63, 3.8) is 0 Å². The molecular weight excluding hydrogens is 468 g/mol. The van der Waals surface area contributed by atoms with E-state index >= 15 is 0 Å². The first kappa shape index (κ1) is 21.3. The van der Waals surface area contributed by atoms with Gasteiger partial charge >= 0.3 is 0 Å². The summed E-state index contributed by atoms with van der Waals surface area (Å²) in [6.07, 6.45) is 0. The largest absolute Gasteiger partial charge is 0.496 e. The quantitative estimate of drug-likeness (QED) is 0.242. The molecule has 1 aliphatic heterocycles. The van der Waals surface area contributed by atoms with Crippen molar-refractivity contribution in [2.75, 3.05) is 14.2 Å². The maximum Gasteiger partial charge on any atom is 0.140 e. The third kappa shape index (κ3) is 2.48. The SMILES string of the molecule is COc1cccc2c3c(ccc12)C1(c2ccccc2-c2ccccc21)c1ccc2c(OC)cccc2c1O3. The van der Waals surface area contributed by atoms with Gasteiger partial charge in [0.2, 0.25) is 0 Å². The number of ether oxygens (including phenoxy) is 3. The molecular formula is C35H24O3. The van der Waals surface area contributed by atoms with Crippen LogP contribution in [0.5, 0.6) is 23.0 Å². The van der Waals surface area contributed by atoms with Crippen LogP contribution in [0.1, 0.15) is 22.3 Å². The van der Waals surface area contributed by atoms with Gasteiger partial charge in [0.25, 0.3) is 0 Å². The molecule has 0 amide bonds. The molecule has 0 atom stereocenters. The topological polar surface area (TPSA) is 27.7 Å². The molecule has 1 aliphatic carbocycles. The predicted molar refractivity (Wildman–Crippen MR) is 152 cm³/mol. The van der Waals surface area contributed by atoms with Crippen molar-refractivity contribution in [1.82, 2.24) is 0 Å². The van der Waals surface area contributed by atoms with Crippen molar-refractivity contribution < 1.29 is 14.2 Å². The van der Waals surface area contributed by atoms with Crippen LogP contribution in [0.2, 0.25) is 0 Å². The molecule has 1 spiro atoms. The fourth-order valence-corrected chi connectivity index (χ4v) is 6.83. The summed E-state index contributed by atoms with van der Waals surface area (Å²) in [4.78, 5) is 0. The van der Waals surface area contributed by atoms with Crippen molar-refractivity contribution in [2.24, 2.45) is 0 Å². The van der Waals surface area contributed by atoms with Gasteiger partial charge in [-0.15, -0.1) is 0 Å². The molecule has 0 fully saturated rings. The molecule has 3 nitrogen and oxygen atoms in total. The lowest BCUT2D eigenvalue weighted by molar-refractivity contribution is 0.418. The normalized spacial score (nSPS) is 13.9. The zero-order valence-corrected chi connectivity index (χ0v) is 21.1. The smallest absolute Gasteiger partial charge is 0.140 e. The average Bonchev–Trinajstić information content (AvgIpc) is 3.27. The number of hydrogen-bond donors (Lipinski definition) is 0. The minimum Gasteiger partial charge on any atom is -0.496 e. The fourth-order valence-electron chi connectivity index (χ4n) is 6.83. The first-order valence-corrected chi connectivity index (χ1v) is 12.8. The minimum absolute atomic E-state index is 0.523. The molecule has 0 unspecified atom stereocenters. The highest BCUT2D eigenvalue weighted by Gasteiger charge is 2.51. The van der Waals surface area contributed by atoms with Crippen molar-refractivity contribution in [2.45, 2.75) is 5.41 Å². The van der Waals surface area contributed by atoms with Gasteiger partial charge in [-0.2, -0.15) is 0 Å². The molecule has 0 N–H and O–H groups in total. The van der Waals surface area contributed by atoms with E-state index in [1.807, 2.05) is 24.3 Å². The number of methoxy groups -OCH3 is 2. The molecule has 6 aromatic carbocycles. The van der Waals surface area contributed by atoms with Gasteiger partial charge in [-0.3, -0.25) is 0 Å². The lowest BCUT2D eigenvalue weighted by atomic mass is 9.65. The Balaban J connectivity index is 1.60. The number of fused-ring (bicyclic) bond motifs is 13. The Bertz CT molecular complexity index is 1790. The van der Waals surface area contributed by atoms with Gasteiger partial charge < -0.3 is 14.2 Å². The summed E-state index contributed by atoms with van der Waals surface area (Å²) in [6, 6.07) is 38.8. The van der Waals surface area contributed by atoms with E-state index in [9.17, 15) is 0 Å². The summed E-state index contributed by atoms with van der Waals surface area (Å²) in [5.74, 6) is 3.41. The second-order valence-electron chi connectivity index (χ2n) is 9.94. The van der Waals surface area contributed by atoms with Crippen molar-refractivity contribution in [3.8, 4) is 34.1 Å². The molecule has 0 radical (unpaired) electrons. The Kier molecular flexibility index (Phi) is 4.28. The molecule has 0 saturated heterocycles. The molecule has 0 bridgehead atoms. The van der Waals surface area contributed by atoms with Crippen molar-refractivity contribution in [1.29, 1.82) is 0 Å². The molecule has 0 saturated carbocycles. The lowest BCUT2D eigenvalue weighted by Gasteiger charge is -2.40. The third-order valence-electron chi connectivity index (χ3n) is 8.35. The van der Waals surface area contributed by atoms with E-state index in [4.69, 9.17) is 14.2 Å². The molecule has 8 rings (SSSR count). The van der Waals surface area contributed by atoms with Crippen LogP contribution in [0, 0.1) is 0 Å². The number of rotatable bonds is 2.